The van der Waals surface area contributed by atoms with E-state index in [1.165, 1.54) is 0 Å². The molecule has 140 valence electrons. The van der Waals surface area contributed by atoms with Crippen LogP contribution in [0.15, 0.2) is 58.8 Å². The molecule has 6 heteroatoms. The van der Waals surface area contributed by atoms with Crippen LogP contribution < -0.4 is 0 Å². The minimum Gasteiger partial charge on any atom is -0.493 e. The Labute approximate surface area is 162 Å². The Balaban J connectivity index is 1.81. The molecule has 1 N–H and O–H groups in total. The first-order valence-corrected chi connectivity index (χ1v) is 9.14. The predicted molar refractivity (Wildman–Crippen MR) is 109 cm³/mol. The van der Waals surface area contributed by atoms with E-state index in [0.29, 0.717) is 17.8 Å². The van der Waals surface area contributed by atoms with Crippen LogP contribution in [0.5, 0.6) is 5.88 Å². The van der Waals surface area contributed by atoms with Gasteiger partial charge in [-0.25, -0.2) is 0 Å². The second-order valence-corrected chi connectivity index (χ2v) is 6.77. The molecule has 4 rings (SSSR count). The highest BCUT2D eigenvalue weighted by atomic mass is 16.3. The van der Waals surface area contributed by atoms with Crippen molar-refractivity contribution in [2.24, 2.45) is 10.2 Å². The van der Waals surface area contributed by atoms with Crippen LogP contribution in [0.4, 0.5) is 5.69 Å². The number of fused-ring (bicyclic) bond motifs is 2. The van der Waals surface area contributed by atoms with E-state index in [1.807, 2.05) is 63.2 Å². The lowest BCUT2D eigenvalue weighted by Gasteiger charge is -2.05. The number of aryl methyl sites for hydroxylation is 3. The molecule has 0 atom stereocenters. The van der Waals surface area contributed by atoms with E-state index in [-0.39, 0.29) is 5.88 Å². The van der Waals surface area contributed by atoms with E-state index in [2.05, 4.69) is 15.2 Å². The lowest BCUT2D eigenvalue weighted by Crippen LogP contribution is -1.99. The first kappa shape index (κ1) is 17.9. The Morgan fingerprint density at radius 2 is 1.89 bits per heavy atom. The van der Waals surface area contributed by atoms with Crippen LogP contribution in [0.3, 0.4) is 0 Å². The third kappa shape index (κ3) is 2.93. The van der Waals surface area contributed by atoms with E-state index in [0.717, 1.165) is 33.1 Å². The monoisotopic (exact) mass is 372 g/mol. The number of para-hydroxylation sites is 1. The minimum atomic E-state index is -0.464. The van der Waals surface area contributed by atoms with Crippen LogP contribution in [0.25, 0.3) is 21.8 Å². The molecular formula is C22H20N4O2. The van der Waals surface area contributed by atoms with Gasteiger partial charge in [0.1, 0.15) is 0 Å². The maximum atomic E-state index is 12.8. The summed E-state index contributed by atoms with van der Waals surface area (Å²) in [7, 11) is 0. The zero-order valence-corrected chi connectivity index (χ0v) is 16.0. The molecule has 6 nitrogen and oxygen atoms in total. The lowest BCUT2D eigenvalue weighted by molar-refractivity contribution is 0.0996. The summed E-state index contributed by atoms with van der Waals surface area (Å²) in [4.78, 5) is 17.3. The quantitative estimate of drug-likeness (QED) is 0.485. The van der Waals surface area contributed by atoms with Crippen molar-refractivity contribution in [1.29, 1.82) is 0 Å². The molecule has 2 heterocycles. The summed E-state index contributed by atoms with van der Waals surface area (Å²) in [6.45, 7) is 6.33. The van der Waals surface area contributed by atoms with Gasteiger partial charge in [-0.1, -0.05) is 29.8 Å². The fraction of sp³-hybridized carbons (Fsp3) is 0.182. The molecule has 0 bridgehead atoms. The van der Waals surface area contributed by atoms with Crippen LogP contribution in [0.1, 0.15) is 28.5 Å². The number of aromatic hydroxyl groups is 1. The first-order valence-electron chi connectivity index (χ1n) is 9.14. The van der Waals surface area contributed by atoms with Crippen LogP contribution >= 0.6 is 0 Å². The molecule has 0 spiro atoms. The summed E-state index contributed by atoms with van der Waals surface area (Å²) in [5.41, 5.74) is 4.12. The van der Waals surface area contributed by atoms with Gasteiger partial charge in [-0.2, -0.15) is 0 Å². The summed E-state index contributed by atoms with van der Waals surface area (Å²) in [6.07, 6.45) is 0. The van der Waals surface area contributed by atoms with Crippen molar-refractivity contribution in [3.63, 3.8) is 0 Å². The maximum Gasteiger partial charge on any atom is 0.296 e. The Bertz CT molecular complexity index is 1250. The summed E-state index contributed by atoms with van der Waals surface area (Å²) in [5, 5.41) is 20.1. The molecule has 2 aromatic heterocycles. The van der Waals surface area contributed by atoms with Gasteiger partial charge in [-0.3, -0.25) is 9.78 Å². The predicted octanol–water partition coefficient (Wildman–Crippen LogP) is 5.46. The highest BCUT2D eigenvalue weighted by molar-refractivity contribution is 6.07. The summed E-state index contributed by atoms with van der Waals surface area (Å²) >= 11 is 0. The number of hydrogen-bond acceptors (Lipinski definition) is 4. The first-order chi connectivity index (χ1) is 13.5. The minimum absolute atomic E-state index is 0.00635. The standard InChI is InChI=1S/C22H20N4O2/c1-4-26-19-8-6-5-7-15(19)20(22(26)28)24-25-21(27)17-12-14(3)23-18-10-9-13(2)11-16(17)18/h5-12,28H,4H2,1-3H3. The summed E-state index contributed by atoms with van der Waals surface area (Å²) in [5.74, 6) is -0.458. The summed E-state index contributed by atoms with van der Waals surface area (Å²) in [6, 6.07) is 15.0. The van der Waals surface area contributed by atoms with Crippen LogP contribution in [0.2, 0.25) is 0 Å². The van der Waals surface area contributed by atoms with E-state index >= 15 is 0 Å². The molecule has 0 unspecified atom stereocenters. The van der Waals surface area contributed by atoms with Crippen molar-refractivity contribution in [1.82, 2.24) is 9.55 Å². The van der Waals surface area contributed by atoms with Crippen LogP contribution in [0, 0.1) is 13.8 Å². The topological polar surface area (TPSA) is 79.8 Å². The average molecular weight is 372 g/mol. The van der Waals surface area contributed by atoms with Crippen molar-refractivity contribution < 1.29 is 9.90 Å². The van der Waals surface area contributed by atoms with Crippen molar-refractivity contribution in [2.45, 2.75) is 27.3 Å². The van der Waals surface area contributed by atoms with Crippen LogP contribution in [-0.2, 0) is 6.54 Å². The SMILES string of the molecule is CCn1c(O)c(N=NC(=O)c2cc(C)nc3ccc(C)cc23)c2ccccc21. The highest BCUT2D eigenvalue weighted by Gasteiger charge is 2.17. The molecule has 4 aromatic rings. The van der Waals surface area contributed by atoms with Gasteiger partial charge in [0.2, 0.25) is 5.88 Å². The molecule has 1 amide bonds. The Morgan fingerprint density at radius 3 is 2.68 bits per heavy atom. The Hall–Kier alpha value is -3.54. The van der Waals surface area contributed by atoms with Gasteiger partial charge in [0.05, 0.1) is 16.6 Å². The summed E-state index contributed by atoms with van der Waals surface area (Å²) < 4.78 is 1.74. The van der Waals surface area contributed by atoms with E-state index in [9.17, 15) is 9.90 Å². The molecule has 0 aliphatic rings. The maximum absolute atomic E-state index is 12.8. The second-order valence-electron chi connectivity index (χ2n) is 6.77. The number of rotatable bonds is 3. The normalized spacial score (nSPS) is 11.7. The molecule has 0 fully saturated rings. The zero-order valence-electron chi connectivity index (χ0n) is 16.0. The average Bonchev–Trinajstić information content (AvgIpc) is 2.96. The van der Waals surface area contributed by atoms with Gasteiger partial charge in [0.15, 0.2) is 5.69 Å². The number of hydrogen-bond donors (Lipinski definition) is 1. The largest absolute Gasteiger partial charge is 0.493 e. The number of carbonyl (C=O) groups excluding carboxylic acids is 1. The van der Waals surface area contributed by atoms with E-state index < -0.39 is 5.91 Å². The number of carbonyl (C=O) groups is 1. The van der Waals surface area contributed by atoms with Gasteiger partial charge in [-0.15, -0.1) is 10.2 Å². The lowest BCUT2D eigenvalue weighted by atomic mass is 10.1. The number of benzene rings is 2. The van der Waals surface area contributed by atoms with Gasteiger partial charge in [0.25, 0.3) is 5.91 Å². The van der Waals surface area contributed by atoms with Gasteiger partial charge in [0, 0.05) is 23.0 Å². The molecule has 0 aliphatic heterocycles. The third-order valence-electron chi connectivity index (χ3n) is 4.80. The fourth-order valence-electron chi connectivity index (χ4n) is 3.49. The Morgan fingerprint density at radius 1 is 1.11 bits per heavy atom. The molecule has 28 heavy (non-hydrogen) atoms. The smallest absolute Gasteiger partial charge is 0.296 e. The van der Waals surface area contributed by atoms with Gasteiger partial charge >= 0.3 is 0 Å². The van der Waals surface area contributed by atoms with E-state index in [4.69, 9.17) is 0 Å². The molecule has 0 radical (unpaired) electrons. The molecular weight excluding hydrogens is 352 g/mol. The number of aromatic nitrogens is 2. The highest BCUT2D eigenvalue weighted by Crippen LogP contribution is 2.38. The number of amides is 1. The Kier molecular flexibility index (Phi) is 4.39. The molecule has 0 saturated carbocycles. The third-order valence-corrected chi connectivity index (χ3v) is 4.80. The van der Waals surface area contributed by atoms with Crippen molar-refractivity contribution in [2.75, 3.05) is 0 Å². The molecule has 2 aromatic carbocycles. The fourth-order valence-corrected chi connectivity index (χ4v) is 3.49. The van der Waals surface area contributed by atoms with Crippen molar-refractivity contribution in [3.8, 4) is 5.88 Å². The van der Waals surface area contributed by atoms with Gasteiger partial charge < -0.3 is 9.67 Å². The number of pyridine rings is 1. The zero-order chi connectivity index (χ0) is 19.8. The van der Waals surface area contributed by atoms with Crippen molar-refractivity contribution >= 4 is 33.4 Å². The van der Waals surface area contributed by atoms with Gasteiger partial charge in [-0.05, 0) is 45.0 Å². The number of nitrogens with zero attached hydrogens (tertiary/aromatic N) is 4. The molecule has 0 aliphatic carbocycles. The van der Waals surface area contributed by atoms with Crippen LogP contribution in [-0.4, -0.2) is 20.6 Å². The molecule has 0 saturated heterocycles. The second kappa shape index (κ2) is 6.88. The van der Waals surface area contributed by atoms with E-state index in [1.54, 1.807) is 10.6 Å². The number of azo groups is 1. The van der Waals surface area contributed by atoms with Crippen molar-refractivity contribution in [3.05, 3.63) is 65.4 Å².